The van der Waals surface area contributed by atoms with Crippen molar-refractivity contribution in [3.8, 4) is 0 Å². The molecule has 0 spiro atoms. The molecule has 0 aromatic rings. The first kappa shape index (κ1) is 9.28. The Bertz CT molecular complexity index is 11.6. The number of hydrogen-bond donors (Lipinski definition) is 1. The molecule has 0 unspecified atom stereocenters. The monoisotopic (exact) mass is 269 g/mol. The first-order chi connectivity index (χ1) is 1.73. The van der Waals surface area contributed by atoms with E-state index in [1.165, 1.54) is 0 Å². The summed E-state index contributed by atoms with van der Waals surface area (Å²) in [6.07, 6.45) is -0.167. The van der Waals surface area contributed by atoms with E-state index < -0.39 is 0 Å². The van der Waals surface area contributed by atoms with Crippen LogP contribution >= 0.6 is 0 Å². The number of rotatable bonds is 0. The van der Waals surface area contributed by atoms with Crippen LogP contribution in [0.2, 0.25) is 0 Å². The quantitative estimate of drug-likeness (QED) is 0.614. The van der Waals surface area contributed by atoms with Crippen LogP contribution in [-0.4, -0.2) is 37.4 Å². The molecule has 0 aliphatic rings. The average Bonchev–Trinajstić information content (AvgIpc) is 0.811. The summed E-state index contributed by atoms with van der Waals surface area (Å²) in [5, 5.41) is 8.06. The maximum Gasteiger partial charge on any atom is 0.0483 e. The van der Waals surface area contributed by atoms with Gasteiger partial charge in [0.15, 0.2) is 0 Å². The van der Waals surface area contributed by atoms with Gasteiger partial charge in [-0.05, 0) is 13.8 Å². The largest absolute Gasteiger partial charge is 0.394 e. The summed E-state index contributed by atoms with van der Waals surface area (Å²) in [6.45, 7) is 3.44. The van der Waals surface area contributed by atoms with Crippen molar-refractivity contribution in [2.24, 2.45) is 0 Å². The maximum absolute atomic E-state index is 8.06. The van der Waals surface area contributed by atoms with E-state index >= 15 is 0 Å². The molecule has 0 amide bonds. The average molecular weight is 269 g/mol. The Balaban J connectivity index is 0. The topological polar surface area (TPSA) is 20.2 Å². The molecule has 1 N–H and O–H groups in total. The molecule has 0 aromatic heterocycles. The van der Waals surface area contributed by atoms with Crippen LogP contribution in [0.1, 0.15) is 13.8 Å². The molecule has 2 heteroatoms. The number of aliphatic hydroxyl groups excluding tert-OH is 1. The van der Waals surface area contributed by atoms with E-state index in [0.29, 0.717) is 0 Å². The van der Waals surface area contributed by atoms with Crippen molar-refractivity contribution >= 4 is 26.2 Å². The predicted molar refractivity (Wildman–Crippen MR) is 23.1 cm³/mol. The minimum atomic E-state index is -0.167. The molecule has 0 atom stereocenters. The molecule has 3 radical (unpaired) electrons. The van der Waals surface area contributed by atoms with E-state index in [9.17, 15) is 0 Å². The van der Waals surface area contributed by atoms with E-state index in [-0.39, 0.29) is 32.3 Å². The molecule has 31 valence electrons. The summed E-state index contributed by atoms with van der Waals surface area (Å²) < 4.78 is 0. The second-order valence-electron chi connectivity index (χ2n) is 1.09. The minimum absolute atomic E-state index is 0. The van der Waals surface area contributed by atoms with Gasteiger partial charge in [0.05, 0.1) is 0 Å². The maximum atomic E-state index is 8.06. The van der Waals surface area contributed by atoms with Crippen molar-refractivity contribution in [3.05, 3.63) is 0 Å². The summed E-state index contributed by atoms with van der Waals surface area (Å²) in [4.78, 5) is 0. The van der Waals surface area contributed by atoms with Gasteiger partial charge < -0.3 is 5.11 Å². The zero-order valence-electron chi connectivity index (χ0n) is 3.47. The van der Waals surface area contributed by atoms with E-state index in [1.807, 2.05) is 0 Å². The Morgan fingerprint density at radius 3 is 1.40 bits per heavy atom. The molecule has 1 nitrogen and oxygen atoms in total. The Kier molecular flexibility index (Phi) is 8.99. The third-order valence-corrected chi connectivity index (χ3v) is 0. The van der Waals surface area contributed by atoms with E-state index in [0.717, 1.165) is 0 Å². The Labute approximate surface area is 51.5 Å². The first-order valence-electron chi connectivity index (χ1n) is 1.41. The smallest absolute Gasteiger partial charge is 0.0483 e. The van der Waals surface area contributed by atoms with Crippen LogP contribution in [0.3, 0.4) is 0 Å². The van der Waals surface area contributed by atoms with E-state index in [2.05, 4.69) is 0 Å². The first-order valence-corrected chi connectivity index (χ1v) is 1.41. The third-order valence-electron chi connectivity index (χ3n) is 0. The zero-order valence-corrected chi connectivity index (χ0v) is 6.95. The normalized spacial score (nSPS) is 7.20. The van der Waals surface area contributed by atoms with Gasteiger partial charge in [0, 0.05) is 32.3 Å². The van der Waals surface area contributed by atoms with Gasteiger partial charge >= 0.3 is 0 Å². The van der Waals surface area contributed by atoms with Crippen LogP contribution in [0.25, 0.3) is 0 Å². The summed E-state index contributed by atoms with van der Waals surface area (Å²) in [6, 6.07) is 0. The zero-order chi connectivity index (χ0) is 3.58. The minimum Gasteiger partial charge on any atom is -0.394 e. The third kappa shape index (κ3) is 55.1. The Morgan fingerprint density at radius 1 is 1.40 bits per heavy atom. The van der Waals surface area contributed by atoms with Crippen LogP contribution in [0.4, 0.5) is 0 Å². The van der Waals surface area contributed by atoms with Crippen LogP contribution in [-0.2, 0) is 0 Å². The van der Waals surface area contributed by atoms with Crippen molar-refractivity contribution in [1.29, 1.82) is 0 Å². The number of aliphatic hydroxyl groups is 1. The molecule has 0 fully saturated rings. The van der Waals surface area contributed by atoms with Gasteiger partial charge in [-0.1, -0.05) is 0 Å². The van der Waals surface area contributed by atoms with Gasteiger partial charge in [0.2, 0.25) is 0 Å². The summed E-state index contributed by atoms with van der Waals surface area (Å²) in [7, 11) is 0. The summed E-state index contributed by atoms with van der Waals surface area (Å²) >= 11 is 0. The van der Waals surface area contributed by atoms with Crippen molar-refractivity contribution < 1.29 is 5.11 Å². The van der Waals surface area contributed by atoms with E-state index in [4.69, 9.17) is 5.11 Å². The van der Waals surface area contributed by atoms with Crippen LogP contribution in [0, 0.1) is 0 Å². The summed E-state index contributed by atoms with van der Waals surface area (Å²) in [5.41, 5.74) is 0. The van der Waals surface area contributed by atoms with Crippen LogP contribution < -0.4 is 0 Å². The van der Waals surface area contributed by atoms with Gasteiger partial charge in [-0.15, -0.1) is 0 Å². The van der Waals surface area contributed by atoms with Crippen LogP contribution in [0.5, 0.6) is 0 Å². The van der Waals surface area contributed by atoms with Gasteiger partial charge in [0.1, 0.15) is 0 Å². The van der Waals surface area contributed by atoms with Gasteiger partial charge in [0.25, 0.3) is 0 Å². The van der Waals surface area contributed by atoms with Crippen molar-refractivity contribution in [2.45, 2.75) is 20.0 Å². The molecule has 5 heavy (non-hydrogen) atoms. The molecular weight excluding hydrogens is 261 g/mol. The Morgan fingerprint density at radius 2 is 1.40 bits per heavy atom. The molecule has 0 saturated heterocycles. The van der Waals surface area contributed by atoms with Gasteiger partial charge in [-0.3, -0.25) is 0 Å². The molecule has 0 saturated carbocycles. The molecular formula is C3H8BiO. The predicted octanol–water partition coefficient (Wildman–Crippen LogP) is 0.00630. The fraction of sp³-hybridized carbons (Fsp3) is 1.00. The second-order valence-corrected chi connectivity index (χ2v) is 1.09. The van der Waals surface area contributed by atoms with Crippen molar-refractivity contribution in [2.75, 3.05) is 0 Å². The molecule has 0 bridgehead atoms. The molecule has 0 aliphatic carbocycles. The van der Waals surface area contributed by atoms with Crippen LogP contribution in [0.15, 0.2) is 0 Å². The fourth-order valence-corrected chi connectivity index (χ4v) is 0. The van der Waals surface area contributed by atoms with Gasteiger partial charge in [-0.25, -0.2) is 0 Å². The molecule has 0 rings (SSSR count). The number of hydrogen-bond acceptors (Lipinski definition) is 1. The summed E-state index contributed by atoms with van der Waals surface area (Å²) in [5.74, 6) is 0. The molecule has 0 aliphatic heterocycles. The fourth-order valence-electron chi connectivity index (χ4n) is 0. The second kappa shape index (κ2) is 4.84. The van der Waals surface area contributed by atoms with Crippen molar-refractivity contribution in [3.63, 3.8) is 0 Å². The molecule has 0 heterocycles. The Hall–Kier alpha value is 0.843. The molecule has 0 aromatic carbocycles. The van der Waals surface area contributed by atoms with Gasteiger partial charge in [-0.2, -0.15) is 0 Å². The van der Waals surface area contributed by atoms with E-state index in [1.54, 1.807) is 13.8 Å². The standard InChI is InChI=1S/C3H8O.Bi/c1-3(2)4;/h3-4H,1-2H3;. The van der Waals surface area contributed by atoms with Crippen molar-refractivity contribution in [1.82, 2.24) is 0 Å². The SMILES string of the molecule is CC(C)O.[Bi].